The first-order valence-corrected chi connectivity index (χ1v) is 7.60. The van der Waals surface area contributed by atoms with Crippen LogP contribution in [-0.4, -0.2) is 42.5 Å². The lowest BCUT2D eigenvalue weighted by molar-refractivity contribution is 0.102. The lowest BCUT2D eigenvalue weighted by Gasteiger charge is -2.12. The van der Waals surface area contributed by atoms with Crippen molar-refractivity contribution in [1.29, 1.82) is 5.26 Å². The molecule has 2 aromatic rings. The van der Waals surface area contributed by atoms with E-state index in [0.29, 0.717) is 22.7 Å². The molecule has 0 saturated heterocycles. The van der Waals surface area contributed by atoms with E-state index in [1.165, 1.54) is 12.1 Å². The zero-order valence-corrected chi connectivity index (χ0v) is 13.4. The van der Waals surface area contributed by atoms with E-state index in [2.05, 4.69) is 5.32 Å². The smallest absolute Gasteiger partial charge is 0.255 e. The second kappa shape index (κ2) is 9.27. The first kappa shape index (κ1) is 18.3. The summed E-state index contributed by atoms with van der Waals surface area (Å²) in [6.45, 7) is -0.169. The van der Waals surface area contributed by atoms with Gasteiger partial charge in [-0.05, 0) is 30.3 Å². The molecule has 0 aromatic heterocycles. The highest BCUT2D eigenvalue weighted by molar-refractivity contribution is 6.04. The normalized spacial score (nSPS) is 9.96. The fraction of sp³-hybridized carbons (Fsp3) is 0.222. The first-order chi connectivity index (χ1) is 12.2. The van der Waals surface area contributed by atoms with Crippen LogP contribution in [0.2, 0.25) is 0 Å². The summed E-state index contributed by atoms with van der Waals surface area (Å²) < 4.78 is 10.7. The van der Waals surface area contributed by atoms with Crippen molar-refractivity contribution < 1.29 is 24.5 Å². The third-order valence-electron chi connectivity index (χ3n) is 3.11. The Morgan fingerprint density at radius 3 is 2.24 bits per heavy atom. The molecule has 0 spiro atoms. The molecule has 0 aliphatic carbocycles. The van der Waals surface area contributed by atoms with Crippen LogP contribution in [0.4, 0.5) is 5.69 Å². The number of aliphatic hydroxyl groups excluding tert-OH is 2. The third-order valence-corrected chi connectivity index (χ3v) is 3.11. The van der Waals surface area contributed by atoms with Gasteiger partial charge >= 0.3 is 0 Å². The van der Waals surface area contributed by atoms with Crippen LogP contribution < -0.4 is 14.8 Å². The number of carbonyl (C=O) groups excluding carboxylic acids is 1. The average Bonchev–Trinajstić information content (AvgIpc) is 2.64. The molecule has 0 bridgehead atoms. The molecule has 1 amide bonds. The Morgan fingerprint density at radius 1 is 1.04 bits per heavy atom. The number of aliphatic hydroxyl groups is 2. The Bertz CT molecular complexity index is 744. The Hall–Kier alpha value is -3.08. The van der Waals surface area contributed by atoms with Gasteiger partial charge in [-0.1, -0.05) is 6.07 Å². The molecule has 7 nitrogen and oxygen atoms in total. The van der Waals surface area contributed by atoms with Gasteiger partial charge in [0.05, 0.1) is 24.8 Å². The molecule has 0 heterocycles. The lowest BCUT2D eigenvalue weighted by atomic mass is 10.1. The van der Waals surface area contributed by atoms with Gasteiger partial charge in [-0.2, -0.15) is 5.26 Å². The molecule has 2 rings (SSSR count). The van der Waals surface area contributed by atoms with E-state index in [-0.39, 0.29) is 32.0 Å². The van der Waals surface area contributed by atoms with E-state index in [0.717, 1.165) is 0 Å². The second-order valence-electron chi connectivity index (χ2n) is 4.98. The van der Waals surface area contributed by atoms with E-state index in [4.69, 9.17) is 24.9 Å². The Kier molecular flexibility index (Phi) is 6.77. The van der Waals surface area contributed by atoms with Gasteiger partial charge in [-0.3, -0.25) is 4.79 Å². The summed E-state index contributed by atoms with van der Waals surface area (Å²) in [6.07, 6.45) is 0. The average molecular weight is 342 g/mol. The monoisotopic (exact) mass is 342 g/mol. The van der Waals surface area contributed by atoms with Crippen molar-refractivity contribution in [2.24, 2.45) is 0 Å². The molecule has 0 saturated carbocycles. The van der Waals surface area contributed by atoms with E-state index < -0.39 is 5.91 Å². The minimum atomic E-state index is -0.404. The number of hydrogen-bond acceptors (Lipinski definition) is 6. The molecule has 3 N–H and O–H groups in total. The summed E-state index contributed by atoms with van der Waals surface area (Å²) in [5, 5.41) is 29.3. The number of nitrogens with one attached hydrogen (secondary N) is 1. The second-order valence-corrected chi connectivity index (χ2v) is 4.98. The standard InChI is InChI=1S/C18H18N2O5/c19-12-13-2-1-3-15(8-13)20-18(23)14-9-16(24-6-4-21)11-17(10-14)25-7-5-22/h1-3,8-11,21-22H,4-7H2,(H,20,23). The zero-order valence-electron chi connectivity index (χ0n) is 13.4. The van der Waals surface area contributed by atoms with Crippen LogP contribution in [0.3, 0.4) is 0 Å². The van der Waals surface area contributed by atoms with Crippen LogP contribution >= 0.6 is 0 Å². The molecule has 0 aliphatic rings. The van der Waals surface area contributed by atoms with Crippen molar-refractivity contribution in [2.75, 3.05) is 31.7 Å². The van der Waals surface area contributed by atoms with E-state index >= 15 is 0 Å². The zero-order chi connectivity index (χ0) is 18.1. The maximum Gasteiger partial charge on any atom is 0.255 e. The quantitative estimate of drug-likeness (QED) is 0.671. The highest BCUT2D eigenvalue weighted by Gasteiger charge is 2.11. The largest absolute Gasteiger partial charge is 0.491 e. The topological polar surface area (TPSA) is 112 Å². The van der Waals surface area contributed by atoms with Gasteiger partial charge in [0.15, 0.2) is 0 Å². The molecule has 25 heavy (non-hydrogen) atoms. The summed E-state index contributed by atoms with van der Waals surface area (Å²) in [6, 6.07) is 13.2. The van der Waals surface area contributed by atoms with E-state index in [1.807, 2.05) is 6.07 Å². The maximum absolute atomic E-state index is 12.5. The van der Waals surface area contributed by atoms with Gasteiger partial charge in [0.25, 0.3) is 5.91 Å². The number of rotatable bonds is 8. The summed E-state index contributed by atoms with van der Waals surface area (Å²) in [7, 11) is 0. The summed E-state index contributed by atoms with van der Waals surface area (Å²) in [5.41, 5.74) is 1.21. The number of nitriles is 1. The van der Waals surface area contributed by atoms with Crippen molar-refractivity contribution in [1.82, 2.24) is 0 Å². The van der Waals surface area contributed by atoms with Gasteiger partial charge < -0.3 is 25.0 Å². The molecule has 2 aromatic carbocycles. The third kappa shape index (κ3) is 5.49. The summed E-state index contributed by atoms with van der Waals surface area (Å²) in [5.74, 6) is 0.319. The van der Waals surface area contributed by atoms with Crippen molar-refractivity contribution in [3.8, 4) is 17.6 Å². The van der Waals surface area contributed by atoms with Gasteiger partial charge in [-0.25, -0.2) is 0 Å². The number of carbonyl (C=O) groups is 1. The highest BCUT2D eigenvalue weighted by Crippen LogP contribution is 2.24. The van der Waals surface area contributed by atoms with Crippen molar-refractivity contribution in [3.63, 3.8) is 0 Å². The van der Waals surface area contributed by atoms with Gasteiger partial charge in [0, 0.05) is 17.3 Å². The molecule has 0 aliphatic heterocycles. The van der Waals surface area contributed by atoms with Crippen LogP contribution in [0, 0.1) is 11.3 Å². The molecule has 0 atom stereocenters. The van der Waals surface area contributed by atoms with Crippen molar-refractivity contribution >= 4 is 11.6 Å². The van der Waals surface area contributed by atoms with E-state index in [1.54, 1.807) is 30.3 Å². The van der Waals surface area contributed by atoms with Crippen LogP contribution in [0.5, 0.6) is 11.5 Å². The molecule has 0 radical (unpaired) electrons. The van der Waals surface area contributed by atoms with Gasteiger partial charge in [-0.15, -0.1) is 0 Å². The number of benzene rings is 2. The van der Waals surface area contributed by atoms with Gasteiger partial charge in [0.1, 0.15) is 24.7 Å². The fourth-order valence-electron chi connectivity index (χ4n) is 2.07. The number of ether oxygens (including phenoxy) is 2. The predicted octanol–water partition coefficient (Wildman–Crippen LogP) is 1.55. The van der Waals surface area contributed by atoms with Crippen LogP contribution in [0.25, 0.3) is 0 Å². The van der Waals surface area contributed by atoms with Crippen LogP contribution in [0.15, 0.2) is 42.5 Å². The molecule has 0 fully saturated rings. The molecule has 7 heteroatoms. The minimum absolute atomic E-state index is 0.0781. The van der Waals surface area contributed by atoms with Crippen LogP contribution in [-0.2, 0) is 0 Å². The molecule has 130 valence electrons. The molecular weight excluding hydrogens is 324 g/mol. The fourth-order valence-corrected chi connectivity index (χ4v) is 2.07. The number of anilines is 1. The van der Waals surface area contributed by atoms with Crippen LogP contribution in [0.1, 0.15) is 15.9 Å². The molecule has 0 unspecified atom stereocenters. The lowest BCUT2D eigenvalue weighted by Crippen LogP contribution is -2.13. The summed E-state index contributed by atoms with van der Waals surface area (Å²) in [4.78, 5) is 12.5. The predicted molar refractivity (Wildman–Crippen MR) is 90.7 cm³/mol. The minimum Gasteiger partial charge on any atom is -0.491 e. The molecular formula is C18H18N2O5. The Labute approximate surface area is 145 Å². The Morgan fingerprint density at radius 2 is 1.68 bits per heavy atom. The SMILES string of the molecule is N#Cc1cccc(NC(=O)c2cc(OCCO)cc(OCCO)c2)c1. The summed E-state index contributed by atoms with van der Waals surface area (Å²) >= 11 is 0. The van der Waals surface area contributed by atoms with Crippen molar-refractivity contribution in [2.45, 2.75) is 0 Å². The van der Waals surface area contributed by atoms with Crippen molar-refractivity contribution in [3.05, 3.63) is 53.6 Å². The maximum atomic E-state index is 12.5. The van der Waals surface area contributed by atoms with Gasteiger partial charge in [0.2, 0.25) is 0 Å². The first-order valence-electron chi connectivity index (χ1n) is 7.60. The van der Waals surface area contributed by atoms with E-state index in [9.17, 15) is 4.79 Å². The Balaban J connectivity index is 2.22. The number of nitrogens with zero attached hydrogens (tertiary/aromatic N) is 1. The highest BCUT2D eigenvalue weighted by atomic mass is 16.5. The number of hydrogen-bond donors (Lipinski definition) is 3. The number of amides is 1.